The zero-order chi connectivity index (χ0) is 20.4. The van der Waals surface area contributed by atoms with Crippen LogP contribution in [0.1, 0.15) is 24.1 Å². The fourth-order valence-electron chi connectivity index (χ4n) is 2.75. The van der Waals surface area contributed by atoms with Crippen LogP contribution < -0.4 is 9.47 Å². The molecule has 0 spiro atoms. The molecule has 0 aliphatic rings. The molecule has 0 saturated heterocycles. The molecule has 0 fully saturated rings. The molecule has 0 atom stereocenters. The van der Waals surface area contributed by atoms with Gasteiger partial charge in [-0.15, -0.1) is 0 Å². The summed E-state index contributed by atoms with van der Waals surface area (Å²) in [4.78, 5) is 30.2. The molecule has 28 heavy (non-hydrogen) atoms. The number of amides is 1. The molecular weight excluding hydrogens is 360 g/mol. The van der Waals surface area contributed by atoms with Crippen molar-refractivity contribution in [2.75, 3.05) is 27.9 Å². The zero-order valence-corrected chi connectivity index (χ0v) is 16.5. The van der Waals surface area contributed by atoms with Crippen LogP contribution in [0.2, 0.25) is 0 Å². The first-order chi connectivity index (χ1) is 13.6. The lowest BCUT2D eigenvalue weighted by atomic mass is 10.1. The molecule has 2 rings (SSSR count). The second-order valence-electron chi connectivity index (χ2n) is 6.15. The van der Waals surface area contributed by atoms with Gasteiger partial charge in [0.25, 0.3) is 0 Å². The number of hydrogen-bond donors (Lipinski definition) is 0. The van der Waals surface area contributed by atoms with Crippen molar-refractivity contribution in [1.29, 1.82) is 0 Å². The average Bonchev–Trinajstić information content (AvgIpc) is 2.74. The Morgan fingerprint density at radius 2 is 1.79 bits per heavy atom. The third kappa shape index (κ3) is 6.26. The van der Waals surface area contributed by atoms with Crippen LogP contribution in [0.4, 0.5) is 0 Å². The highest BCUT2D eigenvalue weighted by Gasteiger charge is 2.17. The van der Waals surface area contributed by atoms with Crippen LogP contribution in [-0.4, -0.2) is 49.6 Å². The summed E-state index contributed by atoms with van der Waals surface area (Å²) >= 11 is 0. The number of rotatable bonds is 10. The lowest BCUT2D eigenvalue weighted by Gasteiger charge is -2.22. The van der Waals surface area contributed by atoms with Gasteiger partial charge in [-0.25, -0.2) is 0 Å². The number of aryl methyl sites for hydroxylation is 1. The molecule has 0 aliphatic heterocycles. The van der Waals surface area contributed by atoms with Gasteiger partial charge < -0.3 is 19.1 Å². The highest BCUT2D eigenvalue weighted by molar-refractivity contribution is 5.77. The number of pyridine rings is 1. The third-order valence-corrected chi connectivity index (χ3v) is 4.32. The Labute approximate surface area is 165 Å². The van der Waals surface area contributed by atoms with Crippen molar-refractivity contribution >= 4 is 11.9 Å². The van der Waals surface area contributed by atoms with Gasteiger partial charge in [0.05, 0.1) is 40.0 Å². The molecule has 0 radical (unpaired) electrons. The average molecular weight is 386 g/mol. The van der Waals surface area contributed by atoms with Crippen LogP contribution in [0.15, 0.2) is 42.6 Å². The van der Waals surface area contributed by atoms with Crippen LogP contribution in [0.3, 0.4) is 0 Å². The number of hydrogen-bond acceptors (Lipinski definition) is 6. The molecule has 0 aliphatic carbocycles. The summed E-state index contributed by atoms with van der Waals surface area (Å²) in [5.41, 5.74) is 1.74. The van der Waals surface area contributed by atoms with Gasteiger partial charge in [0.1, 0.15) is 0 Å². The standard InChI is InChI=1S/C21H26N2O5/c1-26-18-9-7-16(14-19(18)27-2)8-10-20(24)23(13-11-21(25)28-3)15-17-6-4-5-12-22-17/h4-7,9,12,14H,8,10-11,13,15H2,1-3H3. The number of methoxy groups -OCH3 is 3. The molecule has 1 heterocycles. The van der Waals surface area contributed by atoms with Gasteiger partial charge >= 0.3 is 5.97 Å². The number of carbonyl (C=O) groups excluding carboxylic acids is 2. The minimum Gasteiger partial charge on any atom is -0.493 e. The highest BCUT2D eigenvalue weighted by atomic mass is 16.5. The summed E-state index contributed by atoms with van der Waals surface area (Å²) in [5.74, 6) is 0.874. The smallest absolute Gasteiger partial charge is 0.307 e. The van der Waals surface area contributed by atoms with Gasteiger partial charge in [0.15, 0.2) is 11.5 Å². The molecule has 0 unspecified atom stereocenters. The fraction of sp³-hybridized carbons (Fsp3) is 0.381. The molecule has 150 valence electrons. The molecule has 1 aromatic carbocycles. The van der Waals surface area contributed by atoms with E-state index in [1.54, 1.807) is 25.3 Å². The van der Waals surface area contributed by atoms with Gasteiger partial charge in [0.2, 0.25) is 5.91 Å². The van der Waals surface area contributed by atoms with Crippen molar-refractivity contribution in [3.05, 3.63) is 53.9 Å². The number of nitrogens with zero attached hydrogens (tertiary/aromatic N) is 2. The van der Waals surface area contributed by atoms with E-state index in [1.807, 2.05) is 36.4 Å². The van der Waals surface area contributed by atoms with E-state index in [2.05, 4.69) is 9.72 Å². The topological polar surface area (TPSA) is 78.0 Å². The largest absolute Gasteiger partial charge is 0.493 e. The van der Waals surface area contributed by atoms with Crippen molar-refractivity contribution in [2.45, 2.75) is 25.8 Å². The van der Waals surface area contributed by atoms with Crippen LogP contribution in [0.25, 0.3) is 0 Å². The quantitative estimate of drug-likeness (QED) is 0.584. The van der Waals surface area contributed by atoms with Crippen molar-refractivity contribution in [3.8, 4) is 11.5 Å². The maximum absolute atomic E-state index is 12.8. The number of esters is 1. The summed E-state index contributed by atoms with van der Waals surface area (Å²) in [7, 11) is 4.50. The van der Waals surface area contributed by atoms with Crippen LogP contribution in [0, 0.1) is 0 Å². The van der Waals surface area contributed by atoms with Gasteiger partial charge in [-0.3, -0.25) is 14.6 Å². The van der Waals surface area contributed by atoms with E-state index < -0.39 is 0 Å². The van der Waals surface area contributed by atoms with Crippen LogP contribution >= 0.6 is 0 Å². The molecule has 1 aromatic heterocycles. The van der Waals surface area contributed by atoms with Crippen LogP contribution in [-0.2, 0) is 27.3 Å². The normalized spacial score (nSPS) is 10.2. The van der Waals surface area contributed by atoms with Gasteiger partial charge in [-0.05, 0) is 36.2 Å². The van der Waals surface area contributed by atoms with E-state index in [-0.39, 0.29) is 24.8 Å². The maximum atomic E-state index is 12.8. The van der Waals surface area contributed by atoms with Gasteiger partial charge in [-0.2, -0.15) is 0 Å². The monoisotopic (exact) mass is 386 g/mol. The lowest BCUT2D eigenvalue weighted by molar-refractivity contribution is -0.142. The van der Waals surface area contributed by atoms with Crippen LogP contribution in [0.5, 0.6) is 11.5 Å². The van der Waals surface area contributed by atoms with Crippen molar-refractivity contribution in [2.24, 2.45) is 0 Å². The number of ether oxygens (including phenoxy) is 3. The summed E-state index contributed by atoms with van der Waals surface area (Å²) in [6.07, 6.45) is 2.69. The Bertz CT molecular complexity index is 780. The molecule has 0 saturated carbocycles. The molecule has 7 heteroatoms. The Morgan fingerprint density at radius 3 is 2.43 bits per heavy atom. The summed E-state index contributed by atoms with van der Waals surface area (Å²) in [6, 6.07) is 11.1. The van der Waals surface area contributed by atoms with Gasteiger partial charge in [-0.1, -0.05) is 12.1 Å². The first-order valence-electron chi connectivity index (χ1n) is 9.02. The number of benzene rings is 1. The number of carbonyl (C=O) groups is 2. The highest BCUT2D eigenvalue weighted by Crippen LogP contribution is 2.28. The van der Waals surface area contributed by atoms with E-state index in [9.17, 15) is 9.59 Å². The molecule has 2 aromatic rings. The lowest BCUT2D eigenvalue weighted by Crippen LogP contribution is -2.33. The minimum atomic E-state index is -0.348. The van der Waals surface area contributed by atoms with Gasteiger partial charge in [0, 0.05) is 19.2 Å². The molecule has 7 nitrogen and oxygen atoms in total. The second-order valence-corrected chi connectivity index (χ2v) is 6.15. The summed E-state index contributed by atoms with van der Waals surface area (Å²) < 4.78 is 15.2. The summed E-state index contributed by atoms with van der Waals surface area (Å²) in [6.45, 7) is 0.636. The molecular formula is C21H26N2O5. The first-order valence-corrected chi connectivity index (χ1v) is 9.02. The Balaban J connectivity index is 2.03. The van der Waals surface area contributed by atoms with E-state index >= 15 is 0 Å². The molecule has 0 bridgehead atoms. The van der Waals surface area contributed by atoms with E-state index in [0.29, 0.717) is 30.9 Å². The van der Waals surface area contributed by atoms with E-state index in [4.69, 9.17) is 9.47 Å². The van der Waals surface area contributed by atoms with E-state index in [0.717, 1.165) is 11.3 Å². The molecule has 0 N–H and O–H groups in total. The fourth-order valence-corrected chi connectivity index (χ4v) is 2.75. The summed E-state index contributed by atoms with van der Waals surface area (Å²) in [5, 5.41) is 0. The third-order valence-electron chi connectivity index (χ3n) is 4.32. The SMILES string of the molecule is COC(=O)CCN(Cc1ccccn1)C(=O)CCc1ccc(OC)c(OC)c1. The Kier molecular flexibility index (Phi) is 8.27. The second kappa shape index (κ2) is 10.9. The zero-order valence-electron chi connectivity index (χ0n) is 16.5. The Hall–Kier alpha value is -3.09. The Morgan fingerprint density at radius 1 is 1.00 bits per heavy atom. The minimum absolute atomic E-state index is 0.0515. The predicted molar refractivity (Wildman–Crippen MR) is 104 cm³/mol. The predicted octanol–water partition coefficient (Wildman–Crippen LogP) is 2.62. The first kappa shape index (κ1) is 21.2. The maximum Gasteiger partial charge on any atom is 0.307 e. The number of aromatic nitrogens is 1. The van der Waals surface area contributed by atoms with Crippen molar-refractivity contribution < 1.29 is 23.8 Å². The van der Waals surface area contributed by atoms with Crippen molar-refractivity contribution in [1.82, 2.24) is 9.88 Å². The molecule has 1 amide bonds. The van der Waals surface area contributed by atoms with Crippen molar-refractivity contribution in [3.63, 3.8) is 0 Å². The van der Waals surface area contributed by atoms with E-state index in [1.165, 1.54) is 7.11 Å².